The van der Waals surface area contributed by atoms with Crippen LogP contribution in [-0.2, 0) is 0 Å². The highest BCUT2D eigenvalue weighted by molar-refractivity contribution is 7.18. The third kappa shape index (κ3) is 13.0. The largest absolute Gasteiger partial charge is 0.456 e. The number of furan rings is 1. The van der Waals surface area contributed by atoms with Gasteiger partial charge in [0.1, 0.15) is 11.5 Å². The summed E-state index contributed by atoms with van der Waals surface area (Å²) in [6.07, 6.45) is 0. The molecule has 0 atom stereocenters. The molecule has 0 aliphatic carbocycles. The van der Waals surface area contributed by atoms with Gasteiger partial charge in [0.05, 0.1) is 66.2 Å². The molecule has 8 aromatic heterocycles. The van der Waals surface area contributed by atoms with Crippen molar-refractivity contribution in [3.63, 3.8) is 0 Å². The normalized spacial score (nSPS) is 11.8. The van der Waals surface area contributed by atoms with Crippen molar-refractivity contribution in [3.05, 3.63) is 497 Å². The van der Waals surface area contributed by atoms with E-state index in [-0.39, 0.29) is 0 Å². The van der Waals surface area contributed by atoms with E-state index in [0.29, 0.717) is 0 Å². The second-order valence-corrected chi connectivity index (χ2v) is 36.5. The number of benzene rings is 20. The van der Waals surface area contributed by atoms with Crippen molar-refractivity contribution in [2.45, 2.75) is 0 Å². The molecule has 136 heavy (non-hydrogen) atoms. The molecule has 0 aliphatic rings. The first-order valence-corrected chi connectivity index (χ1v) is 47.3. The molecule has 636 valence electrons. The lowest BCUT2D eigenvalue weighted by Gasteiger charge is -2.10. The van der Waals surface area contributed by atoms with Crippen LogP contribution in [0.4, 0.5) is 0 Å². The summed E-state index contributed by atoms with van der Waals surface area (Å²) in [4.78, 5) is 2.54. The minimum atomic E-state index is 0.847. The number of aromatic nitrogens is 6. The van der Waals surface area contributed by atoms with Crippen molar-refractivity contribution in [2.75, 3.05) is 0 Å². The average Bonchev–Trinajstić information content (AvgIpc) is 1.56. The van der Waals surface area contributed by atoms with Crippen LogP contribution in [-0.4, -0.2) is 27.4 Å². The fraction of sp³-hybridized carbons (Fsp3) is 0. The van der Waals surface area contributed by atoms with Gasteiger partial charge in [0.2, 0.25) is 0 Å². The van der Waals surface area contributed by atoms with E-state index in [0.717, 1.165) is 67.8 Å². The molecule has 28 aromatic rings. The molecular weight excluding hydrogens is 1670 g/mol. The van der Waals surface area contributed by atoms with E-state index >= 15 is 0 Å². The minimum Gasteiger partial charge on any atom is -0.456 e. The monoisotopic (exact) mass is 1750 g/mol. The van der Waals surface area contributed by atoms with Crippen LogP contribution >= 0.6 is 11.3 Å². The lowest BCUT2D eigenvalue weighted by atomic mass is 9.98. The molecule has 0 radical (unpaired) electrons. The number of para-hydroxylation sites is 8. The lowest BCUT2D eigenvalue weighted by Crippen LogP contribution is -1.94. The van der Waals surface area contributed by atoms with E-state index in [9.17, 15) is 0 Å². The maximum Gasteiger partial charge on any atom is 0.134 e. The van der Waals surface area contributed by atoms with Gasteiger partial charge < -0.3 is 31.8 Å². The quantitative estimate of drug-likeness (QED) is 0.107. The van der Waals surface area contributed by atoms with Crippen LogP contribution in [0.2, 0.25) is 0 Å². The zero-order valence-corrected chi connectivity index (χ0v) is 74.7. The van der Waals surface area contributed by atoms with Crippen LogP contribution in [0.1, 0.15) is 0 Å². The molecule has 0 bridgehead atoms. The molecule has 0 saturated heterocycles. The van der Waals surface area contributed by atoms with Crippen molar-refractivity contribution in [1.82, 2.24) is 27.4 Å². The summed E-state index contributed by atoms with van der Waals surface area (Å²) in [5, 5.41) is 14.8. The third-order valence-corrected chi connectivity index (χ3v) is 28.9. The lowest BCUT2D eigenvalue weighted by molar-refractivity contribution is 0.597. The standard InChI is InChI=1S/C64H41N3O.C64H41N3S/c2*1-4-14-42(15-5-1)63-36-37-64(68-63)43-24-30-50(31-25-43)67-61-34-28-46(44-26-32-59-53(38-44)51-20-10-12-22-57(51)65(59)48-16-6-2-7-17-48)40-55(61)56-41-47(29-35-62(56)67)45-27-33-60-54(39-45)52-21-11-13-23-58(52)66(60)49-18-8-3-9-19-49/h2*1-41H. The highest BCUT2D eigenvalue weighted by Crippen LogP contribution is 2.47. The van der Waals surface area contributed by atoms with Gasteiger partial charge in [-0.15, -0.1) is 11.3 Å². The molecule has 0 aliphatic heterocycles. The van der Waals surface area contributed by atoms with Crippen molar-refractivity contribution < 1.29 is 4.42 Å². The van der Waals surface area contributed by atoms with Gasteiger partial charge in [-0.3, -0.25) is 0 Å². The predicted octanol–water partition coefficient (Wildman–Crippen LogP) is 34.9. The second-order valence-electron chi connectivity index (χ2n) is 35.4. The SMILES string of the molecule is c1ccc(-c2ccc(-c3ccc(-n4c5ccc(-c6ccc7c(c6)c6ccccc6n7-c6ccccc6)cc5c5cc(-c6ccc7c(c6)c6ccccc6n7-c6ccccc6)ccc54)cc3)o2)cc1.c1ccc(-c2ccc(-c3ccc(-n4c5ccc(-c6ccc7c(c6)c6ccccc6n7-c6ccccc6)cc5c5cc(-c6ccc7c(c6)c6ccccc6n7-c6ccccc6)ccc54)cc3)s2)cc1. The van der Waals surface area contributed by atoms with Gasteiger partial charge in [-0.25, -0.2) is 0 Å². The van der Waals surface area contributed by atoms with E-state index < -0.39 is 0 Å². The second kappa shape index (κ2) is 32.0. The zero-order valence-electron chi connectivity index (χ0n) is 73.8. The van der Waals surface area contributed by atoms with E-state index in [1.807, 2.05) is 29.5 Å². The number of rotatable bonds is 14. The van der Waals surface area contributed by atoms with Crippen LogP contribution in [0, 0.1) is 0 Å². The Morgan fingerprint density at radius 1 is 0.125 bits per heavy atom. The van der Waals surface area contributed by atoms with Crippen molar-refractivity contribution in [1.29, 1.82) is 0 Å². The number of hydrogen-bond donors (Lipinski definition) is 0. The molecule has 0 N–H and O–H groups in total. The van der Waals surface area contributed by atoms with Crippen LogP contribution < -0.4 is 0 Å². The molecule has 7 nitrogen and oxygen atoms in total. The number of fused-ring (bicyclic) bond motifs is 18. The van der Waals surface area contributed by atoms with E-state index in [2.05, 4.69) is 507 Å². The van der Waals surface area contributed by atoms with Crippen molar-refractivity contribution in [2.24, 2.45) is 0 Å². The summed E-state index contributed by atoms with van der Waals surface area (Å²) in [7, 11) is 0. The first-order chi connectivity index (χ1) is 67.4. The first-order valence-electron chi connectivity index (χ1n) is 46.5. The maximum absolute atomic E-state index is 6.38. The topological polar surface area (TPSA) is 42.7 Å². The summed E-state index contributed by atoms with van der Waals surface area (Å²) in [6, 6.07) is 181. The Morgan fingerprint density at radius 2 is 0.301 bits per heavy atom. The van der Waals surface area contributed by atoms with E-state index in [4.69, 9.17) is 4.42 Å². The predicted molar refractivity (Wildman–Crippen MR) is 573 cm³/mol. The summed E-state index contributed by atoms with van der Waals surface area (Å²) >= 11 is 1.84. The fourth-order valence-corrected chi connectivity index (χ4v) is 22.4. The summed E-state index contributed by atoms with van der Waals surface area (Å²) in [6.45, 7) is 0. The molecule has 0 amide bonds. The molecule has 20 aromatic carbocycles. The zero-order chi connectivity index (χ0) is 89.4. The Bertz CT molecular complexity index is 8580. The Hall–Kier alpha value is -17.8. The molecular formula is C128H82N6OS. The number of hydrogen-bond acceptors (Lipinski definition) is 2. The van der Waals surface area contributed by atoms with Gasteiger partial charge in [-0.2, -0.15) is 0 Å². The van der Waals surface area contributed by atoms with Crippen LogP contribution in [0.15, 0.2) is 502 Å². The highest BCUT2D eigenvalue weighted by atomic mass is 32.1. The number of nitrogens with zero attached hydrogens (tertiary/aromatic N) is 6. The van der Waals surface area contributed by atoms with E-state index in [1.165, 1.54) is 185 Å². The van der Waals surface area contributed by atoms with Gasteiger partial charge in [-0.1, -0.05) is 267 Å². The Balaban J connectivity index is 0.000000138. The van der Waals surface area contributed by atoms with Crippen LogP contribution in [0.3, 0.4) is 0 Å². The Morgan fingerprint density at radius 3 is 0.559 bits per heavy atom. The van der Waals surface area contributed by atoms with Crippen molar-refractivity contribution >= 4 is 142 Å². The molecule has 8 heteroatoms. The summed E-state index contributed by atoms with van der Waals surface area (Å²) in [5.74, 6) is 1.71. The minimum absolute atomic E-state index is 0.847. The molecule has 8 heterocycles. The maximum atomic E-state index is 6.38. The Kier molecular flexibility index (Phi) is 18.4. The van der Waals surface area contributed by atoms with Crippen molar-refractivity contribution in [3.8, 4) is 122 Å². The summed E-state index contributed by atoms with van der Waals surface area (Å²) < 4.78 is 20.8. The number of thiophene rings is 1. The highest BCUT2D eigenvalue weighted by Gasteiger charge is 2.24. The van der Waals surface area contributed by atoms with Gasteiger partial charge in [0.15, 0.2) is 0 Å². The molecule has 0 fully saturated rings. The summed E-state index contributed by atoms with van der Waals surface area (Å²) in [5.41, 5.74) is 35.3. The van der Waals surface area contributed by atoms with Crippen LogP contribution in [0.5, 0.6) is 0 Å². The molecule has 28 rings (SSSR count). The van der Waals surface area contributed by atoms with Gasteiger partial charge >= 0.3 is 0 Å². The van der Waals surface area contributed by atoms with Gasteiger partial charge in [0.25, 0.3) is 0 Å². The third-order valence-electron chi connectivity index (χ3n) is 27.8. The molecule has 0 unspecified atom stereocenters. The van der Waals surface area contributed by atoms with Gasteiger partial charge in [0, 0.05) is 120 Å². The first kappa shape index (κ1) is 78.1. The molecule has 0 saturated carbocycles. The smallest absolute Gasteiger partial charge is 0.134 e. The molecule has 0 spiro atoms. The van der Waals surface area contributed by atoms with Crippen LogP contribution in [0.25, 0.3) is 253 Å². The van der Waals surface area contributed by atoms with E-state index in [1.54, 1.807) is 0 Å². The van der Waals surface area contributed by atoms with Gasteiger partial charge in [-0.05, 0) is 286 Å². The average molecular weight is 1750 g/mol. The Labute approximate surface area is 787 Å². The fourth-order valence-electron chi connectivity index (χ4n) is 21.4.